The predicted octanol–water partition coefficient (Wildman–Crippen LogP) is 5.00. The van der Waals surface area contributed by atoms with E-state index in [0.717, 1.165) is 23.0 Å². The summed E-state index contributed by atoms with van der Waals surface area (Å²) in [5.74, 6) is 2.60. The van der Waals surface area contributed by atoms with Crippen molar-refractivity contribution >= 4 is 23.0 Å². The number of aryl methyl sites for hydroxylation is 1. The second-order valence-electron chi connectivity index (χ2n) is 6.01. The van der Waals surface area contributed by atoms with E-state index in [4.69, 9.17) is 21.4 Å². The minimum Gasteiger partial charge on any atom is -0.497 e. The van der Waals surface area contributed by atoms with Crippen LogP contribution in [-0.2, 0) is 13.1 Å². The van der Waals surface area contributed by atoms with Gasteiger partial charge >= 0.3 is 0 Å². The minimum atomic E-state index is 0.602. The molecule has 0 aliphatic rings. The Morgan fingerprint density at radius 1 is 1.00 bits per heavy atom. The fourth-order valence-corrected chi connectivity index (χ4v) is 2.89. The Balaban J connectivity index is 1.75. The zero-order valence-electron chi connectivity index (χ0n) is 14.9. The second-order valence-corrected chi connectivity index (χ2v) is 6.40. The SMILES string of the molecule is COc1ccc(NC(=S)N(Cc2ccccc2)Cc2ccc(C)o2)cc1. The molecule has 0 bridgehead atoms. The maximum atomic E-state index is 5.74. The van der Waals surface area contributed by atoms with E-state index in [1.54, 1.807) is 7.11 Å². The minimum absolute atomic E-state index is 0.602. The lowest BCUT2D eigenvalue weighted by Crippen LogP contribution is -2.33. The third-order valence-corrected chi connectivity index (χ3v) is 4.35. The normalized spacial score (nSPS) is 10.4. The van der Waals surface area contributed by atoms with Crippen LogP contribution in [0, 0.1) is 6.92 Å². The van der Waals surface area contributed by atoms with Crippen molar-refractivity contribution in [3.63, 3.8) is 0 Å². The monoisotopic (exact) mass is 366 g/mol. The molecule has 4 nitrogen and oxygen atoms in total. The van der Waals surface area contributed by atoms with Gasteiger partial charge in [0, 0.05) is 12.2 Å². The van der Waals surface area contributed by atoms with Gasteiger partial charge in [-0.05, 0) is 61.1 Å². The summed E-state index contributed by atoms with van der Waals surface area (Å²) in [6, 6.07) is 21.9. The van der Waals surface area contributed by atoms with Crippen molar-refractivity contribution < 1.29 is 9.15 Å². The highest BCUT2D eigenvalue weighted by molar-refractivity contribution is 7.80. The molecule has 0 radical (unpaired) electrons. The molecule has 1 aromatic heterocycles. The highest BCUT2D eigenvalue weighted by Crippen LogP contribution is 2.18. The first-order valence-electron chi connectivity index (χ1n) is 8.43. The zero-order valence-corrected chi connectivity index (χ0v) is 15.8. The molecular weight excluding hydrogens is 344 g/mol. The molecule has 0 spiro atoms. The first-order chi connectivity index (χ1) is 12.6. The van der Waals surface area contributed by atoms with Crippen molar-refractivity contribution in [3.05, 3.63) is 83.8 Å². The van der Waals surface area contributed by atoms with Gasteiger partial charge in [-0.3, -0.25) is 0 Å². The first-order valence-corrected chi connectivity index (χ1v) is 8.84. The molecule has 0 aliphatic heterocycles. The smallest absolute Gasteiger partial charge is 0.174 e. The second kappa shape index (κ2) is 8.54. The van der Waals surface area contributed by atoms with Crippen molar-refractivity contribution in [1.82, 2.24) is 4.90 Å². The fraction of sp³-hybridized carbons (Fsp3) is 0.190. The summed E-state index contributed by atoms with van der Waals surface area (Å²) >= 11 is 5.67. The summed E-state index contributed by atoms with van der Waals surface area (Å²) in [7, 11) is 1.65. The molecule has 2 aromatic carbocycles. The standard InChI is InChI=1S/C21H22N2O2S/c1-16-8-11-20(25-16)15-23(14-17-6-4-3-5-7-17)21(26)22-18-9-12-19(24-2)13-10-18/h3-13H,14-15H2,1-2H3,(H,22,26). The first kappa shape index (κ1) is 18.0. The molecule has 26 heavy (non-hydrogen) atoms. The van der Waals surface area contributed by atoms with Crippen LogP contribution in [0.5, 0.6) is 5.75 Å². The summed E-state index contributed by atoms with van der Waals surface area (Å²) in [6.07, 6.45) is 0. The molecule has 0 saturated carbocycles. The van der Waals surface area contributed by atoms with Crippen molar-refractivity contribution in [2.45, 2.75) is 20.0 Å². The van der Waals surface area contributed by atoms with Crippen LogP contribution in [0.1, 0.15) is 17.1 Å². The van der Waals surface area contributed by atoms with Crippen LogP contribution in [0.15, 0.2) is 71.1 Å². The van der Waals surface area contributed by atoms with Crippen LogP contribution in [0.25, 0.3) is 0 Å². The number of hydrogen-bond donors (Lipinski definition) is 1. The number of ether oxygens (including phenoxy) is 1. The van der Waals surface area contributed by atoms with Gasteiger partial charge in [0.05, 0.1) is 13.7 Å². The Labute approximate surface area is 159 Å². The van der Waals surface area contributed by atoms with Gasteiger partial charge in [0.25, 0.3) is 0 Å². The molecular formula is C21H22N2O2S. The van der Waals surface area contributed by atoms with Gasteiger partial charge in [-0.2, -0.15) is 0 Å². The molecule has 5 heteroatoms. The summed E-state index contributed by atoms with van der Waals surface area (Å²) in [5.41, 5.74) is 2.11. The van der Waals surface area contributed by atoms with Crippen LogP contribution in [0.4, 0.5) is 5.69 Å². The van der Waals surface area contributed by atoms with Crippen molar-refractivity contribution in [2.24, 2.45) is 0 Å². The molecule has 0 fully saturated rings. The molecule has 1 heterocycles. The maximum Gasteiger partial charge on any atom is 0.174 e. The Hall–Kier alpha value is -2.79. The molecule has 0 aliphatic carbocycles. The number of benzene rings is 2. The van der Waals surface area contributed by atoms with E-state index in [1.165, 1.54) is 5.56 Å². The molecule has 134 valence electrons. The molecule has 0 amide bonds. The third kappa shape index (κ3) is 4.86. The van der Waals surface area contributed by atoms with Gasteiger partial charge < -0.3 is 19.4 Å². The van der Waals surface area contributed by atoms with Crippen molar-refractivity contribution in [2.75, 3.05) is 12.4 Å². The number of nitrogens with zero attached hydrogens (tertiary/aromatic N) is 1. The number of furan rings is 1. The van der Waals surface area contributed by atoms with Gasteiger partial charge in [0.2, 0.25) is 0 Å². The van der Waals surface area contributed by atoms with E-state index in [0.29, 0.717) is 18.2 Å². The Morgan fingerprint density at radius 3 is 2.35 bits per heavy atom. The molecule has 0 saturated heterocycles. The van der Waals surface area contributed by atoms with E-state index < -0.39 is 0 Å². The quantitative estimate of drug-likeness (QED) is 0.622. The van der Waals surface area contributed by atoms with Gasteiger partial charge in [0.1, 0.15) is 17.3 Å². The molecule has 0 unspecified atom stereocenters. The Bertz CT molecular complexity index is 844. The lowest BCUT2D eigenvalue weighted by Gasteiger charge is -2.25. The maximum absolute atomic E-state index is 5.74. The lowest BCUT2D eigenvalue weighted by atomic mass is 10.2. The average molecular weight is 366 g/mol. The molecule has 3 rings (SSSR count). The van der Waals surface area contributed by atoms with Crippen LogP contribution in [0.2, 0.25) is 0 Å². The number of anilines is 1. The van der Waals surface area contributed by atoms with E-state index >= 15 is 0 Å². The van der Waals surface area contributed by atoms with E-state index in [2.05, 4.69) is 22.3 Å². The zero-order chi connectivity index (χ0) is 18.4. The van der Waals surface area contributed by atoms with Crippen LogP contribution < -0.4 is 10.1 Å². The fourth-order valence-electron chi connectivity index (χ4n) is 2.64. The molecule has 1 N–H and O–H groups in total. The van der Waals surface area contributed by atoms with Crippen LogP contribution in [-0.4, -0.2) is 17.1 Å². The summed E-state index contributed by atoms with van der Waals surface area (Å²) < 4.78 is 10.9. The molecule has 3 aromatic rings. The summed E-state index contributed by atoms with van der Waals surface area (Å²) in [4.78, 5) is 2.09. The van der Waals surface area contributed by atoms with Crippen molar-refractivity contribution in [1.29, 1.82) is 0 Å². The summed E-state index contributed by atoms with van der Waals surface area (Å²) in [6.45, 7) is 3.24. The number of nitrogens with one attached hydrogen (secondary N) is 1. The van der Waals surface area contributed by atoms with Gasteiger partial charge in [-0.1, -0.05) is 30.3 Å². The summed E-state index contributed by atoms with van der Waals surface area (Å²) in [5, 5.41) is 3.95. The van der Waals surface area contributed by atoms with Gasteiger partial charge in [-0.15, -0.1) is 0 Å². The number of thiocarbonyl (C=S) groups is 1. The van der Waals surface area contributed by atoms with E-state index in [1.807, 2.05) is 61.5 Å². The third-order valence-electron chi connectivity index (χ3n) is 3.99. The number of methoxy groups -OCH3 is 1. The topological polar surface area (TPSA) is 37.6 Å². The van der Waals surface area contributed by atoms with Crippen LogP contribution >= 0.6 is 12.2 Å². The van der Waals surface area contributed by atoms with Crippen LogP contribution in [0.3, 0.4) is 0 Å². The van der Waals surface area contributed by atoms with Gasteiger partial charge in [-0.25, -0.2) is 0 Å². The average Bonchev–Trinajstić information content (AvgIpc) is 3.07. The van der Waals surface area contributed by atoms with E-state index in [-0.39, 0.29) is 0 Å². The predicted molar refractivity (Wildman–Crippen MR) is 108 cm³/mol. The lowest BCUT2D eigenvalue weighted by molar-refractivity contribution is 0.354. The largest absolute Gasteiger partial charge is 0.497 e. The Kier molecular flexibility index (Phi) is 5.92. The molecule has 0 atom stereocenters. The van der Waals surface area contributed by atoms with Gasteiger partial charge in [0.15, 0.2) is 5.11 Å². The highest BCUT2D eigenvalue weighted by atomic mass is 32.1. The number of rotatable bonds is 6. The Morgan fingerprint density at radius 2 is 1.73 bits per heavy atom. The highest BCUT2D eigenvalue weighted by Gasteiger charge is 2.13. The van der Waals surface area contributed by atoms with Crippen molar-refractivity contribution in [3.8, 4) is 5.75 Å². The van der Waals surface area contributed by atoms with E-state index in [9.17, 15) is 0 Å². The number of hydrogen-bond acceptors (Lipinski definition) is 3.